The van der Waals surface area contributed by atoms with E-state index in [0.717, 1.165) is 28.5 Å². The molecule has 0 bridgehead atoms. The molecule has 2 nitrogen and oxygen atoms in total. The number of hydrogen-bond acceptors (Lipinski definition) is 2. The summed E-state index contributed by atoms with van der Waals surface area (Å²) in [5.41, 5.74) is 3.93. The fourth-order valence-corrected chi connectivity index (χ4v) is 3.99. The van der Waals surface area contributed by atoms with Gasteiger partial charge in [-0.3, -0.25) is 0 Å². The molecule has 34 heavy (non-hydrogen) atoms. The summed E-state index contributed by atoms with van der Waals surface area (Å²) in [5, 5.41) is 12.2. The summed E-state index contributed by atoms with van der Waals surface area (Å²) in [6, 6.07) is 29.6. The molecule has 0 aromatic heterocycles. The number of aldehydes is 1. The molecule has 4 aromatic carbocycles. The lowest BCUT2D eigenvalue weighted by molar-refractivity contribution is -0.108. The predicted molar refractivity (Wildman–Crippen MR) is 143 cm³/mol. The van der Waals surface area contributed by atoms with Crippen LogP contribution in [0.5, 0.6) is 0 Å². The van der Waals surface area contributed by atoms with Gasteiger partial charge in [-0.15, -0.1) is 0 Å². The van der Waals surface area contributed by atoms with Crippen molar-refractivity contribution in [2.24, 2.45) is 0 Å². The van der Waals surface area contributed by atoms with Crippen LogP contribution in [0.15, 0.2) is 97.1 Å². The molecule has 0 aliphatic carbocycles. The van der Waals surface area contributed by atoms with Gasteiger partial charge in [0.05, 0.1) is 12.5 Å². The molecule has 0 fully saturated rings. The Labute approximate surface area is 219 Å². The molecule has 0 heterocycles. The molecule has 1 N–H and O–H groups in total. The first kappa shape index (κ1) is 26.3. The van der Waals surface area contributed by atoms with Crippen LogP contribution in [-0.2, 0) is 4.79 Å². The molecule has 0 unspecified atom stereocenters. The van der Waals surface area contributed by atoms with Crippen LogP contribution in [0.2, 0.25) is 20.1 Å². The van der Waals surface area contributed by atoms with Crippen LogP contribution < -0.4 is 0 Å². The molecular weight excluding hydrogens is 510 g/mol. The average molecular weight is 532 g/mol. The summed E-state index contributed by atoms with van der Waals surface area (Å²) < 4.78 is 0. The Balaban J connectivity index is 0.000000191. The van der Waals surface area contributed by atoms with Crippen LogP contribution >= 0.6 is 46.4 Å². The van der Waals surface area contributed by atoms with Crippen molar-refractivity contribution in [2.45, 2.75) is 11.8 Å². The van der Waals surface area contributed by atoms with E-state index < -0.39 is 0 Å². The average Bonchev–Trinajstić information content (AvgIpc) is 2.85. The maximum atomic E-state index is 11.2. The van der Waals surface area contributed by atoms with E-state index in [1.165, 1.54) is 0 Å². The third-order valence-electron chi connectivity index (χ3n) is 5.32. The Bertz CT molecular complexity index is 1080. The van der Waals surface area contributed by atoms with E-state index >= 15 is 0 Å². The van der Waals surface area contributed by atoms with E-state index in [1.54, 1.807) is 24.3 Å². The Morgan fingerprint density at radius 1 is 0.529 bits per heavy atom. The quantitative estimate of drug-likeness (QED) is 0.253. The van der Waals surface area contributed by atoms with E-state index in [0.29, 0.717) is 20.1 Å². The SMILES string of the molecule is O=CC(c1ccc(Cl)cc1)c1ccc(Cl)cc1.OCC(c1ccc(Cl)cc1)c1ccc(Cl)cc1. The third kappa shape index (κ3) is 7.33. The normalized spacial score (nSPS) is 10.7. The smallest absolute Gasteiger partial charge is 0.131 e. The van der Waals surface area contributed by atoms with Gasteiger partial charge in [-0.2, -0.15) is 0 Å². The summed E-state index contributed by atoms with van der Waals surface area (Å²) in [6.45, 7) is 0.0588. The van der Waals surface area contributed by atoms with Gasteiger partial charge in [-0.1, -0.05) is 94.9 Å². The van der Waals surface area contributed by atoms with Crippen LogP contribution in [0.3, 0.4) is 0 Å². The number of hydrogen-bond donors (Lipinski definition) is 1. The second kappa shape index (κ2) is 12.9. The number of aliphatic hydroxyl groups excluding tert-OH is 1. The molecule has 0 radical (unpaired) electrons. The molecule has 4 rings (SSSR count). The lowest BCUT2D eigenvalue weighted by atomic mass is 9.92. The van der Waals surface area contributed by atoms with Crippen LogP contribution in [0.25, 0.3) is 0 Å². The molecular formula is C28H22Cl4O2. The third-order valence-corrected chi connectivity index (χ3v) is 6.33. The zero-order valence-electron chi connectivity index (χ0n) is 18.0. The van der Waals surface area contributed by atoms with Gasteiger partial charge in [0.2, 0.25) is 0 Å². The molecule has 4 aromatic rings. The minimum Gasteiger partial charge on any atom is -0.395 e. The molecule has 0 spiro atoms. The van der Waals surface area contributed by atoms with Crippen molar-refractivity contribution < 1.29 is 9.90 Å². The van der Waals surface area contributed by atoms with Gasteiger partial charge in [-0.05, 0) is 70.8 Å². The van der Waals surface area contributed by atoms with E-state index in [4.69, 9.17) is 46.4 Å². The largest absolute Gasteiger partial charge is 0.395 e. The highest BCUT2D eigenvalue weighted by molar-refractivity contribution is 6.31. The van der Waals surface area contributed by atoms with Gasteiger partial charge in [-0.25, -0.2) is 0 Å². The Morgan fingerprint density at radius 2 is 0.794 bits per heavy atom. The summed E-state index contributed by atoms with van der Waals surface area (Å²) in [6.07, 6.45) is 0.923. The topological polar surface area (TPSA) is 37.3 Å². The Morgan fingerprint density at radius 3 is 1.03 bits per heavy atom. The highest BCUT2D eigenvalue weighted by Gasteiger charge is 2.13. The molecule has 0 saturated heterocycles. The van der Waals surface area contributed by atoms with Crippen molar-refractivity contribution in [3.8, 4) is 0 Å². The van der Waals surface area contributed by atoms with Crippen LogP contribution in [-0.4, -0.2) is 18.0 Å². The minimum atomic E-state index is -0.274. The monoisotopic (exact) mass is 530 g/mol. The van der Waals surface area contributed by atoms with Gasteiger partial charge in [0.1, 0.15) is 6.29 Å². The second-order valence-electron chi connectivity index (χ2n) is 7.56. The Kier molecular flexibility index (Phi) is 10.0. The molecule has 0 saturated carbocycles. The van der Waals surface area contributed by atoms with E-state index in [1.807, 2.05) is 72.8 Å². The molecule has 0 aliphatic heterocycles. The first-order chi connectivity index (χ1) is 16.4. The number of halogens is 4. The number of benzene rings is 4. The van der Waals surface area contributed by atoms with Crippen molar-refractivity contribution in [1.82, 2.24) is 0 Å². The summed E-state index contributed by atoms with van der Waals surface area (Å²) in [5.74, 6) is -0.311. The standard InChI is InChI=1S/C14H12Cl2O.C14H10Cl2O/c2*15-12-5-1-10(2-6-12)14(9-17)11-3-7-13(16)8-4-11/h1-8,14,17H,9H2;1-9,14H. The van der Waals surface area contributed by atoms with E-state index in [9.17, 15) is 9.90 Å². The number of aliphatic hydroxyl groups is 1. The second-order valence-corrected chi connectivity index (χ2v) is 9.30. The maximum absolute atomic E-state index is 11.2. The van der Waals surface area contributed by atoms with Gasteiger partial charge in [0.15, 0.2) is 0 Å². The maximum Gasteiger partial charge on any atom is 0.131 e. The Hall–Kier alpha value is -2.33. The zero-order valence-corrected chi connectivity index (χ0v) is 21.1. The molecule has 0 amide bonds. The van der Waals surface area contributed by atoms with E-state index in [-0.39, 0.29) is 18.4 Å². The lowest BCUT2D eigenvalue weighted by Gasteiger charge is -2.15. The van der Waals surface area contributed by atoms with Crippen LogP contribution in [0.4, 0.5) is 0 Å². The molecule has 0 aliphatic rings. The lowest BCUT2D eigenvalue weighted by Crippen LogP contribution is -2.05. The number of carbonyl (C=O) groups excluding carboxylic acids is 1. The van der Waals surface area contributed by atoms with Gasteiger partial charge >= 0.3 is 0 Å². The van der Waals surface area contributed by atoms with Crippen molar-refractivity contribution in [1.29, 1.82) is 0 Å². The molecule has 174 valence electrons. The summed E-state index contributed by atoms with van der Waals surface area (Å²) >= 11 is 23.3. The summed E-state index contributed by atoms with van der Waals surface area (Å²) in [7, 11) is 0. The highest BCUT2D eigenvalue weighted by Crippen LogP contribution is 2.27. The molecule has 6 heteroatoms. The van der Waals surface area contributed by atoms with Gasteiger partial charge < -0.3 is 9.90 Å². The van der Waals surface area contributed by atoms with Gasteiger partial charge in [0.25, 0.3) is 0 Å². The fourth-order valence-electron chi connectivity index (χ4n) is 3.48. The van der Waals surface area contributed by atoms with Crippen molar-refractivity contribution in [2.75, 3.05) is 6.61 Å². The van der Waals surface area contributed by atoms with Gasteiger partial charge in [0, 0.05) is 26.0 Å². The number of rotatable bonds is 6. The fraction of sp³-hybridized carbons (Fsp3) is 0.107. The molecule has 0 atom stereocenters. The van der Waals surface area contributed by atoms with Crippen molar-refractivity contribution >= 4 is 52.7 Å². The predicted octanol–water partition coefficient (Wildman–Crippen LogP) is 8.44. The van der Waals surface area contributed by atoms with Crippen molar-refractivity contribution in [3.63, 3.8) is 0 Å². The minimum absolute atomic E-state index is 0.0375. The first-order valence-corrected chi connectivity index (χ1v) is 12.0. The zero-order chi connectivity index (χ0) is 24.5. The first-order valence-electron chi connectivity index (χ1n) is 10.5. The van der Waals surface area contributed by atoms with Crippen LogP contribution in [0.1, 0.15) is 34.1 Å². The van der Waals surface area contributed by atoms with Crippen LogP contribution in [0, 0.1) is 0 Å². The van der Waals surface area contributed by atoms with Crippen molar-refractivity contribution in [3.05, 3.63) is 139 Å². The summed E-state index contributed by atoms with van der Waals surface area (Å²) in [4.78, 5) is 11.2. The highest BCUT2D eigenvalue weighted by atomic mass is 35.5. The van der Waals surface area contributed by atoms with E-state index in [2.05, 4.69) is 0 Å². The number of carbonyl (C=O) groups is 1.